The Bertz CT molecular complexity index is 339. The number of hydrogen-bond donors (Lipinski definition) is 0. The van der Waals surface area contributed by atoms with Crippen molar-refractivity contribution in [3.05, 3.63) is 11.6 Å². The van der Waals surface area contributed by atoms with Gasteiger partial charge in [-0.3, -0.25) is 4.90 Å². The van der Waals surface area contributed by atoms with Crippen molar-refractivity contribution < 1.29 is 18.3 Å². The molecular formula is C12H19F2NO2. The fourth-order valence-corrected chi connectivity index (χ4v) is 1.60. The summed E-state index contributed by atoms with van der Waals surface area (Å²) < 4.78 is 31.4. The first kappa shape index (κ1) is 13.9. The van der Waals surface area contributed by atoms with E-state index in [2.05, 4.69) is 0 Å². The monoisotopic (exact) mass is 247 g/mol. The number of amides is 1. The van der Waals surface area contributed by atoms with Gasteiger partial charge in [-0.2, -0.15) is 0 Å². The lowest BCUT2D eigenvalue weighted by Gasteiger charge is -2.27. The van der Waals surface area contributed by atoms with Crippen LogP contribution in [-0.2, 0) is 4.74 Å². The molecule has 0 N–H and O–H groups in total. The Morgan fingerprint density at radius 1 is 1.41 bits per heavy atom. The van der Waals surface area contributed by atoms with E-state index < -0.39 is 17.6 Å². The first-order chi connectivity index (χ1) is 7.50. The summed E-state index contributed by atoms with van der Waals surface area (Å²) in [5.41, 5.74) is -0.648. The van der Waals surface area contributed by atoms with E-state index in [1.807, 2.05) is 0 Å². The number of carbonyl (C=O) groups excluding carboxylic acids is 1. The molecule has 1 atom stereocenters. The lowest BCUT2D eigenvalue weighted by molar-refractivity contribution is 0.0215. The van der Waals surface area contributed by atoms with Crippen LogP contribution in [0.3, 0.4) is 0 Å². The second kappa shape index (κ2) is 4.27. The fourth-order valence-electron chi connectivity index (χ4n) is 1.60. The first-order valence-corrected chi connectivity index (χ1v) is 5.59. The van der Waals surface area contributed by atoms with Gasteiger partial charge in [-0.05, 0) is 27.7 Å². The molecule has 1 aliphatic heterocycles. The molecule has 98 valence electrons. The van der Waals surface area contributed by atoms with Crippen molar-refractivity contribution in [3.8, 4) is 0 Å². The van der Waals surface area contributed by atoms with Crippen LogP contribution in [0.15, 0.2) is 11.6 Å². The minimum absolute atomic E-state index is 0.0316. The highest BCUT2D eigenvalue weighted by molar-refractivity contribution is 5.70. The Hall–Kier alpha value is -1.13. The van der Waals surface area contributed by atoms with Crippen molar-refractivity contribution in [2.45, 2.75) is 52.2 Å². The minimum atomic E-state index is -2.88. The van der Waals surface area contributed by atoms with Gasteiger partial charge in [0.2, 0.25) is 0 Å². The van der Waals surface area contributed by atoms with Gasteiger partial charge in [-0.1, -0.05) is 6.08 Å². The van der Waals surface area contributed by atoms with Crippen molar-refractivity contribution in [1.82, 2.24) is 4.90 Å². The van der Waals surface area contributed by atoms with Crippen molar-refractivity contribution >= 4 is 6.09 Å². The number of ether oxygens (including phenoxy) is 1. The summed E-state index contributed by atoms with van der Waals surface area (Å²) in [6.45, 7) is 7.70. The molecule has 0 saturated heterocycles. The summed E-state index contributed by atoms with van der Waals surface area (Å²) in [6.07, 6.45) is 0.865. The third-order valence-corrected chi connectivity index (χ3v) is 2.47. The van der Waals surface area contributed by atoms with Crippen molar-refractivity contribution in [2.24, 2.45) is 0 Å². The normalized spacial score (nSPS) is 21.5. The zero-order chi connectivity index (χ0) is 13.4. The molecule has 0 aromatic heterocycles. The summed E-state index contributed by atoms with van der Waals surface area (Å²) in [7, 11) is 0. The highest BCUT2D eigenvalue weighted by atomic mass is 19.3. The van der Waals surface area contributed by atoms with E-state index in [0.717, 1.165) is 6.92 Å². The van der Waals surface area contributed by atoms with Crippen LogP contribution in [0.25, 0.3) is 0 Å². The van der Waals surface area contributed by atoms with E-state index in [1.165, 1.54) is 11.0 Å². The molecule has 0 aliphatic carbocycles. The molecule has 3 nitrogen and oxygen atoms in total. The predicted octanol–water partition coefficient (Wildman–Crippen LogP) is 3.21. The maximum Gasteiger partial charge on any atom is 0.411 e. The largest absolute Gasteiger partial charge is 0.444 e. The van der Waals surface area contributed by atoms with Crippen LogP contribution in [0.4, 0.5) is 13.6 Å². The van der Waals surface area contributed by atoms with Gasteiger partial charge >= 0.3 is 6.09 Å². The molecule has 0 aromatic carbocycles. The van der Waals surface area contributed by atoms with Crippen LogP contribution in [0.2, 0.25) is 0 Å². The number of halogens is 2. The van der Waals surface area contributed by atoms with Crippen LogP contribution in [0.5, 0.6) is 0 Å². The van der Waals surface area contributed by atoms with Crippen molar-refractivity contribution in [2.75, 3.05) is 6.54 Å². The average molecular weight is 247 g/mol. The van der Waals surface area contributed by atoms with Crippen LogP contribution < -0.4 is 0 Å². The van der Waals surface area contributed by atoms with Crippen molar-refractivity contribution in [1.29, 1.82) is 0 Å². The summed E-state index contributed by atoms with van der Waals surface area (Å²) in [5, 5.41) is 0. The zero-order valence-corrected chi connectivity index (χ0v) is 10.9. The standard InChI is InChI=1S/C12H19F2NO2/c1-8-6-9(12(5,13)14)7-15(8)10(16)17-11(2,3)4/h6,8H,7H2,1-5H3. The molecule has 0 bridgehead atoms. The Labute approximate surface area is 100 Å². The second-order valence-corrected chi connectivity index (χ2v) is 5.43. The molecule has 0 radical (unpaired) electrons. The van der Waals surface area contributed by atoms with Gasteiger partial charge in [-0.15, -0.1) is 0 Å². The van der Waals surface area contributed by atoms with Gasteiger partial charge in [0.25, 0.3) is 5.92 Å². The fraction of sp³-hybridized carbons (Fsp3) is 0.750. The molecule has 5 heteroatoms. The topological polar surface area (TPSA) is 29.5 Å². The lowest BCUT2D eigenvalue weighted by atomic mass is 10.1. The average Bonchev–Trinajstić information content (AvgIpc) is 2.42. The Kier molecular flexibility index (Phi) is 3.50. The van der Waals surface area contributed by atoms with E-state index in [4.69, 9.17) is 4.74 Å². The molecule has 1 rings (SSSR count). The van der Waals surface area contributed by atoms with Gasteiger partial charge in [-0.25, -0.2) is 13.6 Å². The van der Waals surface area contributed by atoms with Gasteiger partial charge < -0.3 is 4.74 Å². The lowest BCUT2D eigenvalue weighted by Crippen LogP contribution is -2.39. The summed E-state index contributed by atoms with van der Waals surface area (Å²) in [5.74, 6) is -2.88. The minimum Gasteiger partial charge on any atom is -0.444 e. The van der Waals surface area contributed by atoms with Crippen LogP contribution in [0.1, 0.15) is 34.6 Å². The SMILES string of the molecule is CC1C=C(C(C)(F)F)CN1C(=O)OC(C)(C)C. The Morgan fingerprint density at radius 3 is 2.29 bits per heavy atom. The molecule has 0 saturated carbocycles. The molecule has 0 aromatic rings. The van der Waals surface area contributed by atoms with Gasteiger partial charge in [0.15, 0.2) is 0 Å². The number of alkyl halides is 2. The molecule has 1 aliphatic rings. The first-order valence-electron chi connectivity index (χ1n) is 5.59. The molecule has 17 heavy (non-hydrogen) atoms. The zero-order valence-electron chi connectivity index (χ0n) is 10.9. The van der Waals surface area contributed by atoms with Gasteiger partial charge in [0, 0.05) is 12.5 Å². The van der Waals surface area contributed by atoms with E-state index in [-0.39, 0.29) is 18.2 Å². The highest BCUT2D eigenvalue weighted by Crippen LogP contribution is 2.30. The van der Waals surface area contributed by atoms with Crippen LogP contribution >= 0.6 is 0 Å². The molecule has 1 unspecified atom stereocenters. The molecule has 0 fully saturated rings. The Morgan fingerprint density at radius 2 is 1.94 bits per heavy atom. The molecule has 1 amide bonds. The van der Waals surface area contributed by atoms with E-state index in [0.29, 0.717) is 0 Å². The second-order valence-electron chi connectivity index (χ2n) is 5.43. The summed E-state index contributed by atoms with van der Waals surface area (Å²) >= 11 is 0. The van der Waals surface area contributed by atoms with E-state index in [1.54, 1.807) is 27.7 Å². The molecular weight excluding hydrogens is 228 g/mol. The quantitative estimate of drug-likeness (QED) is 0.666. The number of carbonyl (C=O) groups is 1. The summed E-state index contributed by atoms with van der Waals surface area (Å²) in [4.78, 5) is 13.1. The maximum atomic E-state index is 13.1. The van der Waals surface area contributed by atoms with Gasteiger partial charge in [0.05, 0.1) is 12.6 Å². The van der Waals surface area contributed by atoms with Gasteiger partial charge in [0.1, 0.15) is 5.60 Å². The maximum absolute atomic E-state index is 13.1. The number of nitrogens with zero attached hydrogens (tertiary/aromatic N) is 1. The number of rotatable bonds is 1. The predicted molar refractivity (Wildman–Crippen MR) is 61.1 cm³/mol. The van der Waals surface area contributed by atoms with Crippen LogP contribution in [0, 0.1) is 0 Å². The smallest absolute Gasteiger partial charge is 0.411 e. The van der Waals surface area contributed by atoms with Crippen LogP contribution in [-0.4, -0.2) is 35.1 Å². The number of hydrogen-bond acceptors (Lipinski definition) is 2. The third kappa shape index (κ3) is 3.68. The van der Waals surface area contributed by atoms with E-state index in [9.17, 15) is 13.6 Å². The molecule has 0 spiro atoms. The Balaban J connectivity index is 2.70. The van der Waals surface area contributed by atoms with E-state index >= 15 is 0 Å². The third-order valence-electron chi connectivity index (χ3n) is 2.47. The molecule has 1 heterocycles. The highest BCUT2D eigenvalue weighted by Gasteiger charge is 2.38. The van der Waals surface area contributed by atoms with Crippen molar-refractivity contribution in [3.63, 3.8) is 0 Å². The summed E-state index contributed by atoms with van der Waals surface area (Å²) in [6, 6.07) is -0.356.